The summed E-state index contributed by atoms with van der Waals surface area (Å²) < 4.78 is 34.2. The number of likely N-dealkylation sites (tertiary alicyclic amines) is 1. The van der Waals surface area contributed by atoms with Crippen LogP contribution in [0.25, 0.3) is 12.2 Å². The highest BCUT2D eigenvalue weighted by atomic mass is 32.2. The van der Waals surface area contributed by atoms with Gasteiger partial charge in [-0.2, -0.15) is 4.31 Å². The van der Waals surface area contributed by atoms with E-state index in [0.717, 1.165) is 49.0 Å². The van der Waals surface area contributed by atoms with Crippen LogP contribution in [0.3, 0.4) is 0 Å². The summed E-state index contributed by atoms with van der Waals surface area (Å²) in [4.78, 5) is 15.1. The number of aromatic nitrogens is 1. The van der Waals surface area contributed by atoms with Crippen LogP contribution >= 0.6 is 0 Å². The molecule has 2 aromatic rings. The van der Waals surface area contributed by atoms with E-state index in [-0.39, 0.29) is 29.0 Å². The van der Waals surface area contributed by atoms with E-state index in [0.29, 0.717) is 24.6 Å². The van der Waals surface area contributed by atoms with E-state index in [1.54, 1.807) is 13.0 Å². The summed E-state index contributed by atoms with van der Waals surface area (Å²) in [6, 6.07) is 6.12. The number of carbonyl (C=O) groups excluding carboxylic acids is 1. The molecule has 0 aliphatic carbocycles. The Balaban J connectivity index is 1.55. The van der Waals surface area contributed by atoms with Gasteiger partial charge in [-0.05, 0) is 69.6 Å². The van der Waals surface area contributed by atoms with E-state index in [2.05, 4.69) is 12.1 Å². The van der Waals surface area contributed by atoms with Crippen molar-refractivity contribution in [1.82, 2.24) is 14.4 Å². The van der Waals surface area contributed by atoms with E-state index in [1.165, 1.54) is 4.31 Å². The predicted octanol–water partition coefficient (Wildman–Crippen LogP) is 4.43. The maximum Gasteiger partial charge on any atom is 0.248 e. The number of hydrogen-bond donors (Lipinski definition) is 0. The van der Waals surface area contributed by atoms with Gasteiger partial charge in [0.25, 0.3) is 0 Å². The number of carbonyl (C=O) groups is 1. The van der Waals surface area contributed by atoms with Crippen molar-refractivity contribution in [3.63, 3.8) is 0 Å². The highest BCUT2D eigenvalue weighted by Crippen LogP contribution is 2.30. The first-order valence-electron chi connectivity index (χ1n) is 12.2. The maximum atomic E-state index is 13.7. The largest absolute Gasteiger partial charge is 0.355 e. The average Bonchev–Trinajstić information content (AvgIpc) is 3.21. The van der Waals surface area contributed by atoms with Gasteiger partial charge in [-0.25, -0.2) is 8.42 Å². The van der Waals surface area contributed by atoms with E-state index in [9.17, 15) is 13.2 Å². The molecule has 2 saturated heterocycles. The zero-order valence-corrected chi connectivity index (χ0v) is 21.4. The molecule has 8 heteroatoms. The fourth-order valence-electron chi connectivity index (χ4n) is 4.88. The summed E-state index contributed by atoms with van der Waals surface area (Å²) >= 11 is 0. The third-order valence-corrected chi connectivity index (χ3v) is 9.13. The van der Waals surface area contributed by atoms with Crippen LogP contribution in [0.1, 0.15) is 60.8 Å². The number of nitrogens with zero attached hydrogens (tertiary/aromatic N) is 3. The Morgan fingerprint density at radius 3 is 2.56 bits per heavy atom. The fourth-order valence-corrected chi connectivity index (χ4v) is 6.66. The van der Waals surface area contributed by atoms with Crippen molar-refractivity contribution >= 4 is 28.1 Å². The highest BCUT2D eigenvalue weighted by molar-refractivity contribution is 7.89. The zero-order valence-electron chi connectivity index (χ0n) is 20.6. The van der Waals surface area contributed by atoms with Crippen LogP contribution in [0.5, 0.6) is 0 Å². The van der Waals surface area contributed by atoms with Gasteiger partial charge >= 0.3 is 0 Å². The van der Waals surface area contributed by atoms with Crippen molar-refractivity contribution in [2.45, 2.75) is 58.3 Å². The quantitative estimate of drug-likeness (QED) is 0.626. The monoisotopic (exact) mass is 485 g/mol. The standard InChI is InChI=1S/C26H35N3O4S/c1-18-11-14-28(15-12-18)26(30)23-6-5-13-29(17-23)34(31,32)25-21(4)27-33-24(25)10-9-22-16-19(2)7-8-20(22)3/h7-10,16,18,23H,5-6,11-15,17H2,1-4H3/b10-9+. The second-order valence-electron chi connectivity index (χ2n) is 9.86. The number of aryl methyl sites for hydroxylation is 3. The smallest absolute Gasteiger partial charge is 0.248 e. The fraction of sp³-hybridized carbons (Fsp3) is 0.538. The van der Waals surface area contributed by atoms with Gasteiger partial charge < -0.3 is 9.42 Å². The number of sulfonamides is 1. The summed E-state index contributed by atoms with van der Waals surface area (Å²) in [5, 5.41) is 3.96. The van der Waals surface area contributed by atoms with E-state index in [1.807, 2.05) is 43.0 Å². The SMILES string of the molecule is Cc1ccc(C)c(/C=C/c2onc(C)c2S(=O)(=O)N2CCCC(C(=O)N3CCC(C)CC3)C2)c1. The molecule has 1 amide bonds. The summed E-state index contributed by atoms with van der Waals surface area (Å²) in [6.45, 7) is 10.0. The molecule has 0 spiro atoms. The lowest BCUT2D eigenvalue weighted by molar-refractivity contribution is -0.138. The van der Waals surface area contributed by atoms with Crippen molar-refractivity contribution in [3.8, 4) is 0 Å². The lowest BCUT2D eigenvalue weighted by atomic mass is 9.94. The number of piperidine rings is 2. The molecular weight excluding hydrogens is 450 g/mol. The highest BCUT2D eigenvalue weighted by Gasteiger charge is 2.38. The first-order chi connectivity index (χ1) is 16.2. The molecule has 34 heavy (non-hydrogen) atoms. The third kappa shape index (κ3) is 5.13. The Morgan fingerprint density at radius 1 is 1.09 bits per heavy atom. The molecule has 2 aliphatic heterocycles. The molecule has 7 nitrogen and oxygen atoms in total. The van der Waals surface area contributed by atoms with Gasteiger partial charge in [-0.15, -0.1) is 0 Å². The number of rotatable bonds is 5. The molecule has 1 unspecified atom stereocenters. The molecule has 0 bridgehead atoms. The van der Waals surface area contributed by atoms with E-state index < -0.39 is 10.0 Å². The van der Waals surface area contributed by atoms with Crippen LogP contribution < -0.4 is 0 Å². The summed E-state index contributed by atoms with van der Waals surface area (Å²) in [7, 11) is -3.85. The third-order valence-electron chi connectivity index (χ3n) is 7.11. The molecule has 0 N–H and O–H groups in total. The lowest BCUT2D eigenvalue weighted by Gasteiger charge is -2.36. The molecule has 2 fully saturated rings. The van der Waals surface area contributed by atoms with Crippen molar-refractivity contribution in [3.05, 3.63) is 46.3 Å². The van der Waals surface area contributed by atoms with Crippen molar-refractivity contribution in [2.24, 2.45) is 11.8 Å². The van der Waals surface area contributed by atoms with Crippen LogP contribution in [0.4, 0.5) is 0 Å². The molecule has 4 rings (SSSR count). The van der Waals surface area contributed by atoms with Gasteiger partial charge in [0, 0.05) is 26.2 Å². The number of hydrogen-bond acceptors (Lipinski definition) is 5. The van der Waals surface area contributed by atoms with Crippen molar-refractivity contribution in [1.29, 1.82) is 0 Å². The molecule has 3 heterocycles. The van der Waals surface area contributed by atoms with Gasteiger partial charge in [0.05, 0.1) is 5.92 Å². The molecule has 1 aromatic carbocycles. The molecule has 1 aromatic heterocycles. The summed E-state index contributed by atoms with van der Waals surface area (Å²) in [5.41, 5.74) is 3.54. The van der Waals surface area contributed by atoms with Crippen LogP contribution in [-0.4, -0.2) is 54.9 Å². The predicted molar refractivity (Wildman–Crippen MR) is 133 cm³/mol. The number of benzene rings is 1. The van der Waals surface area contributed by atoms with Gasteiger partial charge in [0.2, 0.25) is 15.9 Å². The summed E-state index contributed by atoms with van der Waals surface area (Å²) in [6.07, 6.45) is 6.95. The molecule has 2 aliphatic rings. The van der Waals surface area contributed by atoms with Crippen LogP contribution in [0.15, 0.2) is 27.6 Å². The van der Waals surface area contributed by atoms with Crippen molar-refractivity contribution in [2.75, 3.05) is 26.2 Å². The van der Waals surface area contributed by atoms with Crippen LogP contribution in [0, 0.1) is 32.6 Å². The minimum Gasteiger partial charge on any atom is -0.355 e. The minimum absolute atomic E-state index is 0.0869. The van der Waals surface area contributed by atoms with Crippen LogP contribution in [0.2, 0.25) is 0 Å². The van der Waals surface area contributed by atoms with Crippen molar-refractivity contribution < 1.29 is 17.7 Å². The second-order valence-corrected chi connectivity index (χ2v) is 11.7. The van der Waals surface area contributed by atoms with E-state index >= 15 is 0 Å². The van der Waals surface area contributed by atoms with E-state index in [4.69, 9.17) is 4.52 Å². The lowest BCUT2D eigenvalue weighted by Crippen LogP contribution is -2.48. The molecular formula is C26H35N3O4S. The zero-order chi connectivity index (χ0) is 24.5. The Kier molecular flexibility index (Phi) is 7.28. The maximum absolute atomic E-state index is 13.7. The molecule has 0 radical (unpaired) electrons. The van der Waals surface area contributed by atoms with Gasteiger partial charge in [0.1, 0.15) is 5.69 Å². The Bertz CT molecular complexity index is 1180. The Labute approximate surface area is 202 Å². The van der Waals surface area contributed by atoms with Gasteiger partial charge in [-0.1, -0.05) is 41.9 Å². The normalized spacial score (nSPS) is 20.8. The second kappa shape index (κ2) is 10.0. The van der Waals surface area contributed by atoms with Crippen LogP contribution in [-0.2, 0) is 14.8 Å². The topological polar surface area (TPSA) is 83.7 Å². The first-order valence-corrected chi connectivity index (χ1v) is 13.6. The molecule has 1 atom stereocenters. The average molecular weight is 486 g/mol. The first kappa shape index (κ1) is 24.7. The van der Waals surface area contributed by atoms with Gasteiger partial charge in [-0.3, -0.25) is 4.79 Å². The number of amides is 1. The summed E-state index contributed by atoms with van der Waals surface area (Å²) in [5.74, 6) is 0.644. The Morgan fingerprint density at radius 2 is 1.82 bits per heavy atom. The molecule has 0 saturated carbocycles. The molecule has 184 valence electrons. The Hall–Kier alpha value is -2.45. The van der Waals surface area contributed by atoms with Gasteiger partial charge in [0.15, 0.2) is 10.7 Å². The minimum atomic E-state index is -3.85.